The predicted molar refractivity (Wildman–Crippen MR) is 145 cm³/mol. The lowest BCUT2D eigenvalue weighted by atomic mass is 9.88. The summed E-state index contributed by atoms with van der Waals surface area (Å²) in [5, 5.41) is 23.9. The molecule has 8 nitrogen and oxygen atoms in total. The van der Waals surface area contributed by atoms with Gasteiger partial charge in [-0.15, -0.1) is 0 Å². The number of hydrogen-bond donors (Lipinski definition) is 1. The molecule has 2 aromatic carbocycles. The van der Waals surface area contributed by atoms with Gasteiger partial charge in [-0.1, -0.05) is 55.8 Å². The van der Waals surface area contributed by atoms with Crippen molar-refractivity contribution < 1.29 is 9.84 Å². The number of ether oxygens (including phenoxy) is 1. The van der Waals surface area contributed by atoms with Crippen LogP contribution in [0.25, 0.3) is 16.9 Å². The van der Waals surface area contributed by atoms with Crippen LogP contribution < -0.4 is 5.56 Å². The number of aliphatic hydroxyl groups is 1. The average Bonchev–Trinajstić information content (AvgIpc) is 3.36. The third-order valence-corrected chi connectivity index (χ3v) is 7.11. The van der Waals surface area contributed by atoms with Gasteiger partial charge in [0.2, 0.25) is 5.78 Å². The van der Waals surface area contributed by atoms with E-state index < -0.39 is 5.60 Å². The summed E-state index contributed by atoms with van der Waals surface area (Å²) in [6.07, 6.45) is 4.98. The Kier molecular flexibility index (Phi) is 7.15. The summed E-state index contributed by atoms with van der Waals surface area (Å²) >= 11 is 0. The highest BCUT2D eigenvalue weighted by Gasteiger charge is 2.35. The lowest BCUT2D eigenvalue weighted by Crippen LogP contribution is -2.42. The van der Waals surface area contributed by atoms with Crippen molar-refractivity contribution >= 4 is 5.78 Å². The molecule has 4 aromatic rings. The van der Waals surface area contributed by atoms with E-state index in [9.17, 15) is 15.2 Å². The van der Waals surface area contributed by atoms with Crippen LogP contribution in [-0.2, 0) is 17.6 Å². The van der Waals surface area contributed by atoms with Crippen molar-refractivity contribution in [3.63, 3.8) is 0 Å². The maximum atomic E-state index is 14.0. The van der Waals surface area contributed by atoms with Crippen molar-refractivity contribution in [2.24, 2.45) is 0 Å². The molecule has 0 bridgehead atoms. The van der Waals surface area contributed by atoms with Crippen LogP contribution in [0.5, 0.6) is 0 Å². The first-order valence-electron chi connectivity index (χ1n) is 13.2. The van der Waals surface area contributed by atoms with Crippen LogP contribution in [0.15, 0.2) is 59.7 Å². The molecule has 2 aromatic heterocycles. The molecule has 0 unspecified atom stereocenters. The number of nitriles is 1. The summed E-state index contributed by atoms with van der Waals surface area (Å²) in [6.45, 7) is 5.80. The quantitative estimate of drug-likeness (QED) is 0.356. The van der Waals surface area contributed by atoms with E-state index in [-0.39, 0.29) is 24.3 Å². The van der Waals surface area contributed by atoms with Crippen LogP contribution in [0.4, 0.5) is 0 Å². The molecule has 0 aliphatic heterocycles. The zero-order chi connectivity index (χ0) is 26.9. The van der Waals surface area contributed by atoms with Crippen LogP contribution in [0, 0.1) is 11.3 Å². The third-order valence-electron chi connectivity index (χ3n) is 7.11. The minimum atomic E-state index is -0.886. The van der Waals surface area contributed by atoms with E-state index in [1.165, 1.54) is 6.33 Å². The maximum Gasteiger partial charge on any atom is 0.259 e. The number of aryl methyl sites for hydroxylation is 1. The molecule has 8 heteroatoms. The highest BCUT2D eigenvalue weighted by molar-refractivity contribution is 5.70. The fraction of sp³-hybridized carbons (Fsp3) is 0.400. The van der Waals surface area contributed by atoms with Crippen LogP contribution in [-0.4, -0.2) is 42.6 Å². The molecule has 1 N–H and O–H groups in total. The summed E-state index contributed by atoms with van der Waals surface area (Å²) in [6, 6.07) is 17.8. The molecule has 38 heavy (non-hydrogen) atoms. The van der Waals surface area contributed by atoms with E-state index >= 15 is 0 Å². The van der Waals surface area contributed by atoms with Crippen molar-refractivity contribution in [1.82, 2.24) is 19.2 Å². The number of benzene rings is 2. The van der Waals surface area contributed by atoms with E-state index in [1.54, 1.807) is 18.4 Å². The average molecular weight is 512 g/mol. The van der Waals surface area contributed by atoms with Gasteiger partial charge >= 0.3 is 0 Å². The molecule has 1 aliphatic carbocycles. The Bertz CT molecular complexity index is 1530. The molecular formula is C30H33N5O3. The first-order valence-corrected chi connectivity index (χ1v) is 13.2. The smallest absolute Gasteiger partial charge is 0.259 e. The normalized spacial score (nSPS) is 17.3. The second-order valence-electron chi connectivity index (χ2n) is 10.7. The van der Waals surface area contributed by atoms with E-state index in [4.69, 9.17) is 4.74 Å². The molecule has 1 fully saturated rings. The first kappa shape index (κ1) is 25.8. The molecule has 2 heterocycles. The van der Waals surface area contributed by atoms with E-state index in [1.807, 2.05) is 53.0 Å². The lowest BCUT2D eigenvalue weighted by Gasteiger charge is -2.37. The second kappa shape index (κ2) is 10.5. The molecule has 5 rings (SSSR count). The van der Waals surface area contributed by atoms with Gasteiger partial charge in [-0.2, -0.15) is 15.3 Å². The minimum absolute atomic E-state index is 0.00361. The van der Waals surface area contributed by atoms with Crippen LogP contribution >= 0.6 is 0 Å². The Balaban J connectivity index is 1.46. The summed E-state index contributed by atoms with van der Waals surface area (Å²) in [7, 11) is 0. The standard InChI is InChI=1S/C30H33N5O3/c1-4-7-27-26(14-20-10-12-21(13-11-20)25-9-6-5-8-22(25)17-31)28(36)34(29-32-19-33-35(27)29)23-15-24(16-23)38-18-30(2,3)37/h5-6,8-13,19,23-24,37H,4,7,14-16,18H2,1-3H3/t23-,24+. The van der Waals surface area contributed by atoms with Gasteiger partial charge in [-0.25, -0.2) is 4.52 Å². The van der Waals surface area contributed by atoms with Crippen molar-refractivity contribution in [2.45, 2.75) is 70.6 Å². The summed E-state index contributed by atoms with van der Waals surface area (Å²) in [5.41, 5.74) is 4.23. The van der Waals surface area contributed by atoms with Gasteiger partial charge in [0.15, 0.2) is 0 Å². The van der Waals surface area contributed by atoms with Gasteiger partial charge in [-0.05, 0) is 55.9 Å². The molecule has 1 saturated carbocycles. The maximum absolute atomic E-state index is 14.0. The summed E-state index contributed by atoms with van der Waals surface area (Å²) in [4.78, 5) is 18.4. The zero-order valence-electron chi connectivity index (χ0n) is 22.1. The molecule has 0 amide bonds. The highest BCUT2D eigenvalue weighted by Crippen LogP contribution is 2.35. The summed E-state index contributed by atoms with van der Waals surface area (Å²) < 4.78 is 9.45. The van der Waals surface area contributed by atoms with Gasteiger partial charge in [0.25, 0.3) is 5.56 Å². The largest absolute Gasteiger partial charge is 0.388 e. The van der Waals surface area contributed by atoms with Gasteiger partial charge in [0, 0.05) is 18.0 Å². The van der Waals surface area contributed by atoms with E-state index in [0.717, 1.165) is 40.8 Å². The van der Waals surface area contributed by atoms with Crippen molar-refractivity contribution in [3.8, 4) is 17.2 Å². The van der Waals surface area contributed by atoms with E-state index in [2.05, 4.69) is 23.1 Å². The molecular weight excluding hydrogens is 478 g/mol. The highest BCUT2D eigenvalue weighted by atomic mass is 16.5. The molecule has 0 saturated heterocycles. The van der Waals surface area contributed by atoms with Gasteiger partial charge in [-0.3, -0.25) is 9.36 Å². The molecule has 1 aliphatic rings. The van der Waals surface area contributed by atoms with Crippen molar-refractivity contribution in [2.75, 3.05) is 6.61 Å². The molecule has 196 valence electrons. The summed E-state index contributed by atoms with van der Waals surface area (Å²) in [5.74, 6) is 0.566. The Morgan fingerprint density at radius 1 is 1.16 bits per heavy atom. The van der Waals surface area contributed by atoms with Gasteiger partial charge in [0.1, 0.15) is 6.33 Å². The zero-order valence-corrected chi connectivity index (χ0v) is 22.1. The number of fused-ring (bicyclic) bond motifs is 1. The molecule has 0 spiro atoms. The predicted octanol–water partition coefficient (Wildman–Crippen LogP) is 4.46. The second-order valence-corrected chi connectivity index (χ2v) is 10.7. The molecule has 0 atom stereocenters. The fourth-order valence-electron chi connectivity index (χ4n) is 5.12. The van der Waals surface area contributed by atoms with Crippen LogP contribution in [0.1, 0.15) is 68.5 Å². The Labute approximate surface area is 222 Å². The number of rotatable bonds is 9. The molecule has 0 radical (unpaired) electrons. The number of aromatic nitrogens is 4. The van der Waals surface area contributed by atoms with Crippen molar-refractivity contribution in [1.29, 1.82) is 5.26 Å². The fourth-order valence-corrected chi connectivity index (χ4v) is 5.12. The Morgan fingerprint density at radius 2 is 1.89 bits per heavy atom. The third kappa shape index (κ3) is 5.13. The van der Waals surface area contributed by atoms with Gasteiger partial charge < -0.3 is 9.84 Å². The SMILES string of the molecule is CCCc1c(Cc2ccc(-c3ccccc3C#N)cc2)c(=O)n([C@H]2C[C@@H](OCC(C)(C)O)C2)c2ncnn12. The van der Waals surface area contributed by atoms with Crippen LogP contribution in [0.2, 0.25) is 0 Å². The van der Waals surface area contributed by atoms with E-state index in [0.29, 0.717) is 30.6 Å². The lowest BCUT2D eigenvalue weighted by molar-refractivity contribution is -0.0894. The number of nitrogens with zero attached hydrogens (tertiary/aromatic N) is 5. The minimum Gasteiger partial charge on any atom is -0.388 e. The Hall–Kier alpha value is -3.80. The Morgan fingerprint density at radius 3 is 2.58 bits per heavy atom. The monoisotopic (exact) mass is 511 g/mol. The first-order chi connectivity index (χ1) is 18.3. The van der Waals surface area contributed by atoms with Crippen LogP contribution in [0.3, 0.4) is 0 Å². The topological polar surface area (TPSA) is 105 Å². The van der Waals surface area contributed by atoms with Gasteiger partial charge in [0.05, 0.1) is 35.6 Å². The number of hydrogen-bond acceptors (Lipinski definition) is 6. The van der Waals surface area contributed by atoms with Crippen molar-refractivity contribution in [3.05, 3.63) is 87.6 Å².